The van der Waals surface area contributed by atoms with Gasteiger partial charge in [0.1, 0.15) is 5.84 Å². The lowest BCUT2D eigenvalue weighted by Crippen LogP contribution is -2.10. The van der Waals surface area contributed by atoms with Gasteiger partial charge in [-0.2, -0.15) is 0 Å². The Labute approximate surface area is 105 Å². The van der Waals surface area contributed by atoms with Crippen LogP contribution in [0.1, 0.15) is 11.1 Å². The van der Waals surface area contributed by atoms with Crippen molar-refractivity contribution < 1.29 is 0 Å². The van der Waals surface area contributed by atoms with Crippen molar-refractivity contribution in [2.24, 2.45) is 5.73 Å². The highest BCUT2D eigenvalue weighted by Gasteiger charge is 2.03. The molecule has 0 aromatic heterocycles. The molecule has 2 nitrogen and oxygen atoms in total. The summed E-state index contributed by atoms with van der Waals surface area (Å²) < 4.78 is 0. The van der Waals surface area contributed by atoms with Crippen molar-refractivity contribution >= 4 is 17.6 Å². The van der Waals surface area contributed by atoms with Gasteiger partial charge in [0.2, 0.25) is 0 Å². The average molecular weight is 242 g/mol. The van der Waals surface area contributed by atoms with Crippen molar-refractivity contribution in [2.75, 3.05) is 0 Å². The van der Waals surface area contributed by atoms with E-state index in [1.165, 1.54) is 9.79 Å². The van der Waals surface area contributed by atoms with E-state index >= 15 is 0 Å². The van der Waals surface area contributed by atoms with Crippen LogP contribution in [0.3, 0.4) is 0 Å². The van der Waals surface area contributed by atoms with Crippen molar-refractivity contribution in [2.45, 2.75) is 16.7 Å². The monoisotopic (exact) mass is 242 g/mol. The van der Waals surface area contributed by atoms with Crippen molar-refractivity contribution in [3.63, 3.8) is 0 Å². The molecule has 0 radical (unpaired) electrons. The van der Waals surface area contributed by atoms with E-state index in [0.29, 0.717) is 0 Å². The molecule has 17 heavy (non-hydrogen) atoms. The predicted octanol–water partition coefficient (Wildman–Crippen LogP) is 3.43. The number of hydrogen-bond acceptors (Lipinski definition) is 2. The molecule has 0 unspecified atom stereocenters. The van der Waals surface area contributed by atoms with Gasteiger partial charge >= 0.3 is 0 Å². The Hall–Kier alpha value is -1.74. The summed E-state index contributed by atoms with van der Waals surface area (Å²) in [7, 11) is 0. The van der Waals surface area contributed by atoms with E-state index in [1.807, 2.05) is 43.3 Å². The first-order valence-corrected chi connectivity index (χ1v) is 6.16. The van der Waals surface area contributed by atoms with Crippen LogP contribution in [-0.2, 0) is 0 Å². The Balaban J connectivity index is 2.26. The maximum absolute atomic E-state index is 7.39. The molecule has 0 aliphatic rings. The van der Waals surface area contributed by atoms with Crippen LogP contribution in [0, 0.1) is 12.3 Å². The van der Waals surface area contributed by atoms with E-state index in [2.05, 4.69) is 12.1 Å². The third kappa shape index (κ3) is 2.88. The van der Waals surface area contributed by atoms with Gasteiger partial charge in [0.15, 0.2) is 0 Å². The SMILES string of the molecule is Cc1cc(C(=N)N)ccc1Sc1ccccc1. The zero-order valence-corrected chi connectivity index (χ0v) is 10.4. The molecule has 0 saturated carbocycles. The topological polar surface area (TPSA) is 49.9 Å². The Kier molecular flexibility index (Phi) is 3.49. The van der Waals surface area contributed by atoms with E-state index < -0.39 is 0 Å². The number of nitrogens with two attached hydrogens (primary N) is 1. The lowest BCUT2D eigenvalue weighted by atomic mass is 10.1. The van der Waals surface area contributed by atoms with E-state index in [4.69, 9.17) is 11.1 Å². The van der Waals surface area contributed by atoms with Gasteiger partial charge in [-0.25, -0.2) is 0 Å². The van der Waals surface area contributed by atoms with Gasteiger partial charge in [-0.15, -0.1) is 0 Å². The van der Waals surface area contributed by atoms with Crippen LogP contribution >= 0.6 is 11.8 Å². The van der Waals surface area contributed by atoms with E-state index in [0.717, 1.165) is 11.1 Å². The molecule has 0 bridgehead atoms. The summed E-state index contributed by atoms with van der Waals surface area (Å²) >= 11 is 1.72. The lowest BCUT2D eigenvalue weighted by Gasteiger charge is -2.07. The molecule has 2 aromatic carbocycles. The molecule has 2 aromatic rings. The fourth-order valence-corrected chi connectivity index (χ4v) is 2.45. The smallest absolute Gasteiger partial charge is 0.122 e. The molecule has 0 atom stereocenters. The second kappa shape index (κ2) is 5.06. The second-order valence-electron chi connectivity index (χ2n) is 3.81. The normalized spacial score (nSPS) is 10.2. The Morgan fingerprint density at radius 1 is 1.12 bits per heavy atom. The highest BCUT2D eigenvalue weighted by atomic mass is 32.2. The first-order chi connectivity index (χ1) is 8.16. The molecule has 2 rings (SSSR count). The molecule has 3 heteroatoms. The molecule has 0 aliphatic carbocycles. The standard InChI is InChI=1S/C14H14N2S/c1-10-9-11(14(15)16)7-8-13(10)17-12-5-3-2-4-6-12/h2-9H,1H3,(H3,15,16). The molecular weight excluding hydrogens is 228 g/mol. The average Bonchev–Trinajstić information content (AvgIpc) is 2.33. The van der Waals surface area contributed by atoms with Gasteiger partial charge in [-0.1, -0.05) is 36.0 Å². The van der Waals surface area contributed by atoms with Crippen LogP contribution < -0.4 is 5.73 Å². The largest absolute Gasteiger partial charge is 0.384 e. The van der Waals surface area contributed by atoms with Crippen LogP contribution in [0.4, 0.5) is 0 Å². The van der Waals surface area contributed by atoms with Gasteiger partial charge < -0.3 is 5.73 Å². The molecule has 3 N–H and O–H groups in total. The second-order valence-corrected chi connectivity index (χ2v) is 4.92. The van der Waals surface area contributed by atoms with Crippen molar-refractivity contribution in [3.8, 4) is 0 Å². The van der Waals surface area contributed by atoms with Gasteiger partial charge in [-0.05, 0) is 36.8 Å². The van der Waals surface area contributed by atoms with Gasteiger partial charge in [0.05, 0.1) is 0 Å². The number of rotatable bonds is 3. The number of nitrogens with one attached hydrogen (secondary N) is 1. The first kappa shape index (κ1) is 11.7. The zero-order chi connectivity index (χ0) is 12.3. The minimum absolute atomic E-state index is 0.115. The fourth-order valence-electron chi connectivity index (χ4n) is 1.55. The summed E-state index contributed by atoms with van der Waals surface area (Å²) in [5, 5.41) is 7.39. The van der Waals surface area contributed by atoms with Gasteiger partial charge in [0.25, 0.3) is 0 Å². The quantitative estimate of drug-likeness (QED) is 0.640. The minimum atomic E-state index is 0.115. The number of aryl methyl sites for hydroxylation is 1. The van der Waals surface area contributed by atoms with Crippen LogP contribution in [0.25, 0.3) is 0 Å². The van der Waals surface area contributed by atoms with Crippen LogP contribution in [0.2, 0.25) is 0 Å². The molecule has 0 amide bonds. The van der Waals surface area contributed by atoms with Crippen molar-refractivity contribution in [1.29, 1.82) is 5.41 Å². The molecule has 0 spiro atoms. The summed E-state index contributed by atoms with van der Waals surface area (Å²) in [6.45, 7) is 2.04. The predicted molar refractivity (Wildman–Crippen MR) is 72.8 cm³/mol. The van der Waals surface area contributed by atoms with E-state index in [-0.39, 0.29) is 5.84 Å². The molecule has 0 heterocycles. The molecular formula is C14H14N2S. The third-order valence-corrected chi connectivity index (χ3v) is 3.64. The molecule has 0 fully saturated rings. The van der Waals surface area contributed by atoms with Gasteiger partial charge in [-0.3, -0.25) is 5.41 Å². The summed E-state index contributed by atoms with van der Waals surface area (Å²) in [6, 6.07) is 16.1. The van der Waals surface area contributed by atoms with Crippen LogP contribution in [0.5, 0.6) is 0 Å². The number of nitrogen functional groups attached to an aromatic ring is 1. The lowest BCUT2D eigenvalue weighted by molar-refractivity contribution is 1.27. The van der Waals surface area contributed by atoms with Crippen LogP contribution in [-0.4, -0.2) is 5.84 Å². The van der Waals surface area contributed by atoms with E-state index in [1.54, 1.807) is 11.8 Å². The first-order valence-electron chi connectivity index (χ1n) is 5.35. The van der Waals surface area contributed by atoms with Crippen molar-refractivity contribution in [1.82, 2.24) is 0 Å². The Morgan fingerprint density at radius 3 is 2.41 bits per heavy atom. The summed E-state index contributed by atoms with van der Waals surface area (Å²) in [5.41, 5.74) is 7.38. The molecule has 0 saturated heterocycles. The highest BCUT2D eigenvalue weighted by molar-refractivity contribution is 7.99. The number of benzene rings is 2. The summed E-state index contributed by atoms with van der Waals surface area (Å²) in [5.74, 6) is 0.115. The maximum Gasteiger partial charge on any atom is 0.122 e. The minimum Gasteiger partial charge on any atom is -0.384 e. The number of hydrogen-bond donors (Lipinski definition) is 2. The molecule has 86 valence electrons. The van der Waals surface area contributed by atoms with Crippen LogP contribution in [0.15, 0.2) is 58.3 Å². The Morgan fingerprint density at radius 2 is 1.82 bits per heavy atom. The van der Waals surface area contributed by atoms with Crippen molar-refractivity contribution in [3.05, 3.63) is 59.7 Å². The highest BCUT2D eigenvalue weighted by Crippen LogP contribution is 2.30. The number of amidine groups is 1. The van der Waals surface area contributed by atoms with E-state index in [9.17, 15) is 0 Å². The summed E-state index contributed by atoms with van der Waals surface area (Å²) in [6.07, 6.45) is 0. The van der Waals surface area contributed by atoms with Gasteiger partial charge in [0, 0.05) is 15.4 Å². The Bertz CT molecular complexity index is 535. The fraction of sp³-hybridized carbons (Fsp3) is 0.0714. The summed E-state index contributed by atoms with van der Waals surface area (Å²) in [4.78, 5) is 2.41. The molecule has 0 aliphatic heterocycles. The zero-order valence-electron chi connectivity index (χ0n) is 9.60. The maximum atomic E-state index is 7.39. The third-order valence-electron chi connectivity index (χ3n) is 2.46.